The van der Waals surface area contributed by atoms with Gasteiger partial charge in [0, 0.05) is 6.07 Å². The quantitative estimate of drug-likeness (QED) is 0.538. The molecule has 1 aromatic rings. The highest BCUT2D eigenvalue weighted by atomic mass is 32.2. The maximum atomic E-state index is 12.3. The van der Waals surface area contributed by atoms with E-state index in [0.29, 0.717) is 19.0 Å². The normalized spacial score (nSPS) is 12.3. The van der Waals surface area contributed by atoms with Gasteiger partial charge in [-0.25, -0.2) is 13.1 Å². The summed E-state index contributed by atoms with van der Waals surface area (Å²) in [5.74, 6) is -1.29. The highest BCUT2D eigenvalue weighted by Gasteiger charge is 2.20. The second kappa shape index (κ2) is 9.23. The minimum Gasteiger partial charge on any atom is -0.490 e. The number of carboxylic acid groups (broad SMARTS) is 1. The number of amides is 1. The number of carboxylic acids is 1. The highest BCUT2D eigenvalue weighted by molar-refractivity contribution is 7.89. The summed E-state index contributed by atoms with van der Waals surface area (Å²) in [6.45, 7) is 4.95. The Bertz CT molecular complexity index is 719. The Balaban J connectivity index is 2.86. The van der Waals surface area contributed by atoms with Crippen LogP contribution in [0.5, 0.6) is 11.5 Å². The minimum atomic E-state index is -3.98. The third-order valence-corrected chi connectivity index (χ3v) is 4.39. The molecule has 25 heavy (non-hydrogen) atoms. The summed E-state index contributed by atoms with van der Waals surface area (Å²) in [7, 11) is -3.98. The third-order valence-electron chi connectivity index (χ3n) is 3.00. The Kier molecular flexibility index (Phi) is 7.65. The van der Waals surface area contributed by atoms with Gasteiger partial charge in [0.1, 0.15) is 6.04 Å². The lowest BCUT2D eigenvalue weighted by Crippen LogP contribution is -2.43. The largest absolute Gasteiger partial charge is 0.490 e. The van der Waals surface area contributed by atoms with Crippen LogP contribution in [0.3, 0.4) is 0 Å². The average Bonchev–Trinajstić information content (AvgIpc) is 2.55. The lowest BCUT2D eigenvalue weighted by atomic mass is 10.3. The average molecular weight is 374 g/mol. The van der Waals surface area contributed by atoms with Crippen LogP contribution < -0.4 is 19.5 Å². The Hall–Kier alpha value is -2.33. The first-order chi connectivity index (χ1) is 11.7. The number of carbonyl (C=O) groups is 2. The SMILES string of the molecule is CCOc1ccc(S(=O)(=O)NCC(=O)N[C@H](C)C(=O)O)cc1OCC. The van der Waals surface area contributed by atoms with E-state index >= 15 is 0 Å². The van der Waals surface area contributed by atoms with Crippen LogP contribution in [0, 0.1) is 0 Å². The monoisotopic (exact) mass is 374 g/mol. The number of benzene rings is 1. The number of aliphatic carboxylic acids is 1. The molecule has 140 valence electrons. The number of hydrogen-bond donors (Lipinski definition) is 3. The van der Waals surface area contributed by atoms with Gasteiger partial charge in [-0.15, -0.1) is 0 Å². The highest BCUT2D eigenvalue weighted by Crippen LogP contribution is 2.30. The molecule has 0 aromatic heterocycles. The molecular weight excluding hydrogens is 352 g/mol. The van der Waals surface area contributed by atoms with Crippen molar-refractivity contribution in [1.82, 2.24) is 10.0 Å². The number of nitrogens with one attached hydrogen (secondary N) is 2. The molecule has 0 aliphatic carbocycles. The van der Waals surface area contributed by atoms with Gasteiger partial charge in [-0.3, -0.25) is 9.59 Å². The second-order valence-corrected chi connectivity index (χ2v) is 6.69. The molecule has 1 amide bonds. The first-order valence-corrected chi connectivity index (χ1v) is 9.11. The molecule has 0 saturated carbocycles. The number of rotatable bonds is 10. The zero-order chi connectivity index (χ0) is 19.0. The molecule has 0 aliphatic rings. The van der Waals surface area contributed by atoms with Gasteiger partial charge in [0.05, 0.1) is 24.7 Å². The molecule has 10 heteroatoms. The maximum Gasteiger partial charge on any atom is 0.325 e. The minimum absolute atomic E-state index is 0.0986. The van der Waals surface area contributed by atoms with Gasteiger partial charge in [-0.1, -0.05) is 0 Å². The van der Waals surface area contributed by atoms with Crippen LogP contribution in [0.15, 0.2) is 23.1 Å². The van der Waals surface area contributed by atoms with E-state index in [1.165, 1.54) is 25.1 Å². The Morgan fingerprint density at radius 1 is 1.16 bits per heavy atom. The summed E-state index contributed by atoms with van der Waals surface area (Å²) in [6, 6.07) is 2.98. The molecule has 0 saturated heterocycles. The van der Waals surface area contributed by atoms with Crippen molar-refractivity contribution in [3.8, 4) is 11.5 Å². The third kappa shape index (κ3) is 6.24. The number of sulfonamides is 1. The fraction of sp³-hybridized carbons (Fsp3) is 0.467. The van der Waals surface area contributed by atoms with Crippen LogP contribution in [-0.2, 0) is 19.6 Å². The zero-order valence-electron chi connectivity index (χ0n) is 14.2. The summed E-state index contributed by atoms with van der Waals surface area (Å²) >= 11 is 0. The van der Waals surface area contributed by atoms with Crippen molar-refractivity contribution < 1.29 is 32.6 Å². The van der Waals surface area contributed by atoms with Crippen molar-refractivity contribution in [2.24, 2.45) is 0 Å². The van der Waals surface area contributed by atoms with Crippen molar-refractivity contribution >= 4 is 21.9 Å². The van der Waals surface area contributed by atoms with Crippen molar-refractivity contribution in [2.45, 2.75) is 31.7 Å². The predicted octanol–water partition coefficient (Wildman–Crippen LogP) is 0.352. The van der Waals surface area contributed by atoms with Crippen LogP contribution in [0.4, 0.5) is 0 Å². The Morgan fingerprint density at radius 3 is 2.32 bits per heavy atom. The maximum absolute atomic E-state index is 12.3. The van der Waals surface area contributed by atoms with Gasteiger partial charge in [0.2, 0.25) is 15.9 Å². The molecule has 1 rings (SSSR count). The lowest BCUT2D eigenvalue weighted by Gasteiger charge is -2.13. The zero-order valence-corrected chi connectivity index (χ0v) is 15.1. The number of hydrogen-bond acceptors (Lipinski definition) is 6. The van der Waals surface area contributed by atoms with Crippen molar-refractivity contribution in [3.05, 3.63) is 18.2 Å². The van der Waals surface area contributed by atoms with Gasteiger partial charge in [-0.2, -0.15) is 0 Å². The van der Waals surface area contributed by atoms with Crippen LogP contribution in [0.1, 0.15) is 20.8 Å². The van der Waals surface area contributed by atoms with E-state index in [4.69, 9.17) is 14.6 Å². The lowest BCUT2D eigenvalue weighted by molar-refractivity contribution is -0.141. The summed E-state index contributed by atoms with van der Waals surface area (Å²) < 4.78 is 37.4. The smallest absolute Gasteiger partial charge is 0.325 e. The molecule has 1 aromatic carbocycles. The van der Waals surface area contributed by atoms with E-state index < -0.39 is 34.5 Å². The topological polar surface area (TPSA) is 131 Å². The van der Waals surface area contributed by atoms with Gasteiger partial charge < -0.3 is 19.9 Å². The fourth-order valence-corrected chi connectivity index (χ4v) is 2.79. The standard InChI is InChI=1S/C15H22N2O7S/c1-4-23-12-7-6-11(8-13(12)24-5-2)25(21,22)16-9-14(18)17-10(3)15(19)20/h6-8,10,16H,4-5,9H2,1-3H3,(H,17,18)(H,19,20)/t10-/m1/s1. The molecule has 0 radical (unpaired) electrons. The summed E-state index contributed by atoms with van der Waals surface area (Å²) in [5.41, 5.74) is 0. The second-order valence-electron chi connectivity index (χ2n) is 4.93. The van der Waals surface area contributed by atoms with E-state index in [-0.39, 0.29) is 10.6 Å². The van der Waals surface area contributed by atoms with E-state index in [9.17, 15) is 18.0 Å². The molecule has 1 atom stereocenters. The molecule has 0 bridgehead atoms. The molecule has 0 fully saturated rings. The van der Waals surface area contributed by atoms with Crippen LogP contribution >= 0.6 is 0 Å². The fourth-order valence-electron chi connectivity index (χ4n) is 1.80. The first-order valence-electron chi connectivity index (χ1n) is 7.62. The Labute approximate surface area is 146 Å². The molecule has 0 aliphatic heterocycles. The molecule has 0 heterocycles. The molecular formula is C15H22N2O7S. The van der Waals surface area contributed by atoms with Crippen molar-refractivity contribution in [2.75, 3.05) is 19.8 Å². The van der Waals surface area contributed by atoms with Crippen molar-refractivity contribution in [1.29, 1.82) is 0 Å². The molecule has 3 N–H and O–H groups in total. The molecule has 9 nitrogen and oxygen atoms in total. The summed E-state index contributed by atoms with van der Waals surface area (Å²) in [6.07, 6.45) is 0. The molecule has 0 spiro atoms. The van der Waals surface area contributed by atoms with Gasteiger partial charge in [0.25, 0.3) is 0 Å². The van der Waals surface area contributed by atoms with E-state index in [1.54, 1.807) is 13.8 Å². The van der Waals surface area contributed by atoms with Gasteiger partial charge in [-0.05, 0) is 32.9 Å². The van der Waals surface area contributed by atoms with E-state index in [2.05, 4.69) is 10.0 Å². The van der Waals surface area contributed by atoms with Gasteiger partial charge in [0.15, 0.2) is 11.5 Å². The predicted molar refractivity (Wildman–Crippen MR) is 89.2 cm³/mol. The van der Waals surface area contributed by atoms with E-state index in [1.807, 2.05) is 0 Å². The van der Waals surface area contributed by atoms with Gasteiger partial charge >= 0.3 is 5.97 Å². The van der Waals surface area contributed by atoms with E-state index in [0.717, 1.165) is 0 Å². The Morgan fingerprint density at radius 2 is 1.76 bits per heavy atom. The van der Waals surface area contributed by atoms with Crippen LogP contribution in [0.2, 0.25) is 0 Å². The first kappa shape index (κ1) is 20.7. The van der Waals surface area contributed by atoms with Crippen molar-refractivity contribution in [3.63, 3.8) is 0 Å². The summed E-state index contributed by atoms with van der Waals surface area (Å²) in [5, 5.41) is 10.9. The molecule has 0 unspecified atom stereocenters. The van der Waals surface area contributed by atoms with Crippen LogP contribution in [-0.4, -0.2) is 51.2 Å². The summed E-state index contributed by atoms with van der Waals surface area (Å²) in [4.78, 5) is 22.2. The number of ether oxygens (including phenoxy) is 2. The number of carbonyl (C=O) groups excluding carboxylic acids is 1. The van der Waals surface area contributed by atoms with Crippen LogP contribution in [0.25, 0.3) is 0 Å².